The van der Waals surface area contributed by atoms with E-state index in [-0.39, 0.29) is 22.6 Å². The number of aromatic nitrogens is 2. The van der Waals surface area contributed by atoms with Crippen molar-refractivity contribution in [3.05, 3.63) is 104 Å². The Morgan fingerprint density at radius 1 is 1.14 bits per heavy atom. The maximum absolute atomic E-state index is 14.2. The molecule has 1 aromatic heterocycles. The van der Waals surface area contributed by atoms with Gasteiger partial charge in [0, 0.05) is 21.6 Å². The summed E-state index contributed by atoms with van der Waals surface area (Å²) in [4.78, 5) is 13.3. The number of carbonyl (C=O) groups is 1. The van der Waals surface area contributed by atoms with Crippen molar-refractivity contribution >= 4 is 63.0 Å². The van der Waals surface area contributed by atoms with Crippen molar-refractivity contribution in [1.29, 1.82) is 0 Å². The molecule has 0 saturated carbocycles. The van der Waals surface area contributed by atoms with Crippen LogP contribution in [-0.2, 0) is 17.7 Å². The number of hydrogen-bond donors (Lipinski definition) is 2. The number of carbonyl (C=O) groups excluding carboxylic acids is 1. The minimum absolute atomic E-state index is 0.0749. The number of halogens is 3. The van der Waals surface area contributed by atoms with Gasteiger partial charge in [-0.15, -0.1) is 0 Å². The molecule has 2 unspecified atom stereocenters. The largest absolute Gasteiger partial charge is 0.345 e. The zero-order chi connectivity index (χ0) is 25.8. The first kappa shape index (κ1) is 26.3. The zero-order valence-corrected chi connectivity index (χ0v) is 22.5. The summed E-state index contributed by atoms with van der Waals surface area (Å²) in [6.07, 6.45) is 0.368. The molecule has 0 fully saturated rings. The number of rotatable bonds is 8. The molecule has 4 rings (SSSR count). The van der Waals surface area contributed by atoms with E-state index in [0.29, 0.717) is 15.7 Å². The predicted molar refractivity (Wildman–Crippen MR) is 143 cm³/mol. The lowest BCUT2D eigenvalue weighted by Crippen LogP contribution is -2.30. The van der Waals surface area contributed by atoms with Gasteiger partial charge in [0.05, 0.1) is 29.0 Å². The molecule has 1 amide bonds. The van der Waals surface area contributed by atoms with Crippen LogP contribution < -0.4 is 9.62 Å². The molecular weight excluding hydrogens is 621 g/mol. The molecule has 12 heteroatoms. The molecule has 0 aliphatic heterocycles. The summed E-state index contributed by atoms with van der Waals surface area (Å²) in [6.45, 7) is 1.56. The van der Waals surface area contributed by atoms with Gasteiger partial charge in [0.25, 0.3) is 17.2 Å². The van der Waals surface area contributed by atoms with Crippen molar-refractivity contribution in [2.45, 2.75) is 19.4 Å². The second kappa shape index (κ2) is 11.5. The van der Waals surface area contributed by atoms with Gasteiger partial charge in [-0.1, -0.05) is 36.4 Å². The van der Waals surface area contributed by atoms with Crippen LogP contribution in [-0.4, -0.2) is 23.4 Å². The summed E-state index contributed by atoms with van der Waals surface area (Å²) in [7, 11) is 0. The molecule has 0 aliphatic rings. The van der Waals surface area contributed by atoms with E-state index in [9.17, 15) is 22.3 Å². The number of benzene rings is 3. The lowest BCUT2D eigenvalue weighted by Gasteiger charge is -2.23. The third kappa shape index (κ3) is 5.94. The van der Waals surface area contributed by atoms with Crippen molar-refractivity contribution < 1.29 is 22.3 Å². The van der Waals surface area contributed by atoms with Gasteiger partial charge in [-0.25, -0.2) is 17.3 Å². The maximum Gasteiger partial charge on any atom is 0.268 e. The first-order chi connectivity index (χ1) is 17.2. The van der Waals surface area contributed by atoms with Crippen LogP contribution in [0.3, 0.4) is 0 Å². The molecule has 2 atom stereocenters. The Balaban J connectivity index is 1.70. The van der Waals surface area contributed by atoms with Crippen molar-refractivity contribution in [1.82, 2.24) is 14.1 Å². The molecule has 1 heterocycles. The maximum atomic E-state index is 14.2. The second-order valence-electron chi connectivity index (χ2n) is 7.74. The number of nitrogens with one attached hydrogen (secondary N) is 1. The highest BCUT2D eigenvalue weighted by atomic mass is 127. The third-order valence-electron chi connectivity index (χ3n) is 5.30. The summed E-state index contributed by atoms with van der Waals surface area (Å²) in [5.74, 6) is -1.97. The fourth-order valence-electron chi connectivity index (χ4n) is 3.60. The molecule has 36 heavy (non-hydrogen) atoms. The molecule has 0 spiro atoms. The minimum atomic E-state index is -2.59. The van der Waals surface area contributed by atoms with Crippen molar-refractivity contribution in [2.75, 3.05) is 4.31 Å². The minimum Gasteiger partial charge on any atom is -0.345 e. The zero-order valence-electron chi connectivity index (χ0n) is 18.7. The number of anilines is 2. The summed E-state index contributed by atoms with van der Waals surface area (Å²) in [6, 6.07) is 16.5. The normalized spacial score (nSPS) is 12.7. The SMILES string of the molecule is CC(NC(=O)c1ccc(I)cc1N(c1nsnc1Cc1ccccc1)S(=O)O)c1ccc(F)cc1F. The van der Waals surface area contributed by atoms with E-state index in [0.717, 1.165) is 33.7 Å². The fourth-order valence-corrected chi connectivity index (χ4v) is 5.29. The van der Waals surface area contributed by atoms with Gasteiger partial charge in [-0.05, 0) is 59.3 Å². The molecule has 2 N–H and O–H groups in total. The van der Waals surface area contributed by atoms with Gasteiger partial charge in [-0.3, -0.25) is 9.35 Å². The Kier molecular flexibility index (Phi) is 8.39. The monoisotopic (exact) mass is 640 g/mol. The van der Waals surface area contributed by atoms with E-state index in [2.05, 4.69) is 14.1 Å². The summed E-state index contributed by atoms with van der Waals surface area (Å²) in [5.41, 5.74) is 1.72. The number of nitrogens with zero attached hydrogens (tertiary/aromatic N) is 3. The predicted octanol–water partition coefficient (Wildman–Crippen LogP) is 5.78. The third-order valence-corrected chi connectivity index (χ3v) is 7.21. The molecule has 4 aromatic rings. The first-order valence-corrected chi connectivity index (χ1v) is 13.4. The summed E-state index contributed by atoms with van der Waals surface area (Å²) < 4.78 is 60.7. The van der Waals surface area contributed by atoms with E-state index in [4.69, 9.17) is 0 Å². The number of hydrogen-bond acceptors (Lipinski definition) is 5. The van der Waals surface area contributed by atoms with Gasteiger partial charge in [0.15, 0.2) is 5.82 Å². The molecule has 0 bridgehead atoms. The highest BCUT2D eigenvalue weighted by molar-refractivity contribution is 14.1. The van der Waals surface area contributed by atoms with Gasteiger partial charge < -0.3 is 5.32 Å². The van der Waals surface area contributed by atoms with E-state index in [1.165, 1.54) is 12.1 Å². The van der Waals surface area contributed by atoms with Gasteiger partial charge in [-0.2, -0.15) is 8.75 Å². The Bertz CT molecular complexity index is 1420. The van der Waals surface area contributed by atoms with Crippen LogP contribution in [0.5, 0.6) is 0 Å². The fraction of sp³-hybridized carbons (Fsp3) is 0.125. The van der Waals surface area contributed by atoms with E-state index in [1.807, 2.05) is 52.9 Å². The average molecular weight is 640 g/mol. The Morgan fingerprint density at radius 2 is 1.89 bits per heavy atom. The van der Waals surface area contributed by atoms with Gasteiger partial charge in [0.2, 0.25) is 0 Å². The lowest BCUT2D eigenvalue weighted by molar-refractivity contribution is 0.0940. The van der Waals surface area contributed by atoms with Crippen LogP contribution in [0.1, 0.15) is 40.1 Å². The quantitative estimate of drug-likeness (QED) is 0.188. The van der Waals surface area contributed by atoms with Gasteiger partial charge in [0.1, 0.15) is 17.3 Å². The molecule has 0 radical (unpaired) electrons. The van der Waals surface area contributed by atoms with E-state index >= 15 is 0 Å². The first-order valence-electron chi connectivity index (χ1n) is 10.6. The van der Waals surface area contributed by atoms with Crippen molar-refractivity contribution in [3.63, 3.8) is 0 Å². The second-order valence-corrected chi connectivity index (χ2v) is 10.3. The van der Waals surface area contributed by atoms with Gasteiger partial charge >= 0.3 is 0 Å². The van der Waals surface area contributed by atoms with Crippen LogP contribution >= 0.6 is 34.3 Å². The van der Waals surface area contributed by atoms with E-state index < -0.39 is 34.8 Å². The van der Waals surface area contributed by atoms with Crippen molar-refractivity contribution in [2.24, 2.45) is 0 Å². The summed E-state index contributed by atoms with van der Waals surface area (Å²) >= 11 is 0.336. The van der Waals surface area contributed by atoms with Crippen LogP contribution in [0.4, 0.5) is 20.3 Å². The average Bonchev–Trinajstić information content (AvgIpc) is 3.27. The highest BCUT2D eigenvalue weighted by Gasteiger charge is 2.28. The number of amides is 1. The molecule has 3 aromatic carbocycles. The Hall–Kier alpha value is -2.81. The Morgan fingerprint density at radius 3 is 2.58 bits per heavy atom. The van der Waals surface area contributed by atoms with E-state index in [1.54, 1.807) is 19.1 Å². The van der Waals surface area contributed by atoms with Crippen LogP contribution in [0, 0.1) is 15.2 Å². The van der Waals surface area contributed by atoms with Crippen LogP contribution in [0.25, 0.3) is 0 Å². The standard InChI is InChI=1S/C24H19F2IN4O3S2/c1-14(18-9-7-16(25)12-20(18)26)28-24(32)19-10-8-17(27)13-22(19)31(36(33)34)23-21(29-35-30-23)11-15-5-3-2-4-6-15/h2-10,12-14H,11H2,1H3,(H,28,32)(H,33,34). The molecule has 0 aliphatic carbocycles. The highest BCUT2D eigenvalue weighted by Crippen LogP contribution is 2.34. The Labute approximate surface area is 226 Å². The van der Waals surface area contributed by atoms with Crippen LogP contribution in [0.2, 0.25) is 0 Å². The smallest absolute Gasteiger partial charge is 0.268 e. The topological polar surface area (TPSA) is 95.4 Å². The molecule has 7 nitrogen and oxygen atoms in total. The molecular formula is C24H19F2IN4O3S2. The lowest BCUT2D eigenvalue weighted by atomic mass is 10.1. The molecule has 186 valence electrons. The summed E-state index contributed by atoms with van der Waals surface area (Å²) in [5, 5.41) is 2.68. The van der Waals surface area contributed by atoms with Crippen molar-refractivity contribution in [3.8, 4) is 0 Å². The molecule has 0 saturated heterocycles. The van der Waals surface area contributed by atoms with Crippen LogP contribution in [0.15, 0.2) is 66.7 Å².